The van der Waals surface area contributed by atoms with Crippen LogP contribution in [0.2, 0.25) is 0 Å². The number of halogens is 3. The van der Waals surface area contributed by atoms with Crippen molar-refractivity contribution in [3.63, 3.8) is 0 Å². The first-order chi connectivity index (χ1) is 11.6. The monoisotopic (exact) mass is 356 g/mol. The second kappa shape index (κ2) is 5.72. The highest BCUT2D eigenvalue weighted by molar-refractivity contribution is 6.01. The van der Waals surface area contributed by atoms with Gasteiger partial charge >= 0.3 is 6.18 Å². The maximum atomic E-state index is 13.8. The molecule has 0 saturated heterocycles. The summed E-state index contributed by atoms with van der Waals surface area (Å²) >= 11 is 0. The number of hydrazone groups is 1. The molecule has 5 nitrogen and oxygen atoms in total. The number of rotatable bonds is 1. The van der Waals surface area contributed by atoms with E-state index in [2.05, 4.69) is 5.10 Å². The average molecular weight is 356 g/mol. The van der Waals surface area contributed by atoms with E-state index in [-0.39, 0.29) is 28.6 Å². The second-order valence-electron chi connectivity index (χ2n) is 6.72. The van der Waals surface area contributed by atoms with Crippen LogP contribution in [0.25, 0.3) is 0 Å². The summed E-state index contributed by atoms with van der Waals surface area (Å²) in [5.74, 6) is -3.13. The third kappa shape index (κ3) is 2.50. The summed E-state index contributed by atoms with van der Waals surface area (Å²) in [5, 5.41) is 24.6. The van der Waals surface area contributed by atoms with Crippen LogP contribution >= 0.6 is 0 Å². The van der Waals surface area contributed by atoms with Gasteiger partial charge in [0, 0.05) is 5.71 Å². The number of amides is 1. The van der Waals surface area contributed by atoms with Gasteiger partial charge in [0.05, 0.1) is 11.5 Å². The number of para-hydroxylation sites is 1. The number of carbonyl (C=O) groups excluding carboxylic acids is 1. The highest BCUT2D eigenvalue weighted by Gasteiger charge is 2.69. The minimum absolute atomic E-state index is 0.1000. The van der Waals surface area contributed by atoms with E-state index in [0.717, 1.165) is 0 Å². The standard InChI is InChI=1S/C17H19F3N2O3/c1-9-5-4-8-12-13(9)21-22(16(12,25)17(18,19)20)15(24)11-7-3-6-10(2)14(11)23/h3,6-7,9,12,23,25H,4-5,8H2,1-2H3. The van der Waals surface area contributed by atoms with Crippen LogP contribution in [-0.4, -0.2) is 38.7 Å². The molecule has 1 aliphatic carbocycles. The van der Waals surface area contributed by atoms with E-state index in [1.165, 1.54) is 25.1 Å². The highest BCUT2D eigenvalue weighted by Crippen LogP contribution is 2.49. The van der Waals surface area contributed by atoms with Gasteiger partial charge in [-0.2, -0.15) is 23.3 Å². The van der Waals surface area contributed by atoms with Crippen molar-refractivity contribution < 1.29 is 28.2 Å². The van der Waals surface area contributed by atoms with Crippen LogP contribution in [0.3, 0.4) is 0 Å². The normalized spacial score (nSPS) is 29.4. The molecule has 0 spiro atoms. The number of nitrogens with zero attached hydrogens (tertiary/aromatic N) is 2. The fourth-order valence-corrected chi connectivity index (χ4v) is 3.65. The number of carbonyl (C=O) groups is 1. The number of phenols is 1. The molecule has 1 amide bonds. The third-order valence-electron chi connectivity index (χ3n) is 5.09. The van der Waals surface area contributed by atoms with Gasteiger partial charge < -0.3 is 10.2 Å². The summed E-state index contributed by atoms with van der Waals surface area (Å²) in [4.78, 5) is 12.7. The minimum Gasteiger partial charge on any atom is -0.507 e. The van der Waals surface area contributed by atoms with E-state index in [4.69, 9.17) is 0 Å². The van der Waals surface area contributed by atoms with Crippen molar-refractivity contribution in [3.8, 4) is 5.75 Å². The molecule has 0 bridgehead atoms. The van der Waals surface area contributed by atoms with Gasteiger partial charge in [0.25, 0.3) is 11.6 Å². The van der Waals surface area contributed by atoms with Crippen LogP contribution in [0, 0.1) is 18.8 Å². The van der Waals surface area contributed by atoms with Gasteiger partial charge in [-0.1, -0.05) is 25.5 Å². The number of aliphatic hydroxyl groups is 1. The Hall–Kier alpha value is -2.09. The van der Waals surface area contributed by atoms with Crippen LogP contribution in [0.15, 0.2) is 23.3 Å². The lowest BCUT2D eigenvalue weighted by Gasteiger charge is -2.39. The predicted octanol–water partition coefficient (Wildman–Crippen LogP) is 3.20. The number of hydrogen-bond donors (Lipinski definition) is 2. The van der Waals surface area contributed by atoms with Crippen molar-refractivity contribution >= 4 is 11.6 Å². The van der Waals surface area contributed by atoms with Crippen molar-refractivity contribution in [2.24, 2.45) is 16.9 Å². The number of hydrogen-bond acceptors (Lipinski definition) is 4. The summed E-state index contributed by atoms with van der Waals surface area (Å²) in [6, 6.07) is 4.20. The molecule has 3 unspecified atom stereocenters. The molecule has 0 radical (unpaired) electrons. The third-order valence-corrected chi connectivity index (χ3v) is 5.09. The molecule has 8 heteroatoms. The van der Waals surface area contributed by atoms with E-state index in [9.17, 15) is 28.2 Å². The number of fused-ring (bicyclic) bond motifs is 1. The Kier molecular flexibility index (Phi) is 4.06. The molecular weight excluding hydrogens is 337 g/mol. The van der Waals surface area contributed by atoms with E-state index in [1.54, 1.807) is 6.92 Å². The zero-order valence-corrected chi connectivity index (χ0v) is 13.8. The maximum absolute atomic E-state index is 13.8. The SMILES string of the molecule is Cc1cccc(C(=O)N2N=C3C(C)CCCC3C2(O)C(F)(F)F)c1O. The number of phenolic OH excluding ortho intramolecular Hbond substituents is 1. The van der Waals surface area contributed by atoms with Crippen LogP contribution in [0.1, 0.15) is 42.1 Å². The summed E-state index contributed by atoms with van der Waals surface area (Å²) < 4.78 is 41.3. The van der Waals surface area contributed by atoms with Crippen molar-refractivity contribution in [3.05, 3.63) is 29.3 Å². The van der Waals surface area contributed by atoms with E-state index >= 15 is 0 Å². The lowest BCUT2D eigenvalue weighted by molar-refractivity contribution is -0.312. The highest BCUT2D eigenvalue weighted by atomic mass is 19.4. The van der Waals surface area contributed by atoms with Crippen LogP contribution < -0.4 is 0 Å². The zero-order chi connectivity index (χ0) is 18.6. The van der Waals surface area contributed by atoms with Crippen LogP contribution in [0.5, 0.6) is 5.75 Å². The first-order valence-electron chi connectivity index (χ1n) is 8.09. The van der Waals surface area contributed by atoms with E-state index in [1.807, 2.05) is 0 Å². The van der Waals surface area contributed by atoms with Gasteiger partial charge in [-0.15, -0.1) is 0 Å². The van der Waals surface area contributed by atoms with Gasteiger partial charge in [0.15, 0.2) is 0 Å². The lowest BCUT2D eigenvalue weighted by Crippen LogP contribution is -2.61. The molecule has 1 saturated carbocycles. The topological polar surface area (TPSA) is 73.1 Å². The van der Waals surface area contributed by atoms with Crippen molar-refractivity contribution in [1.82, 2.24) is 5.01 Å². The largest absolute Gasteiger partial charge is 0.507 e. The van der Waals surface area contributed by atoms with E-state index < -0.39 is 29.5 Å². The quantitative estimate of drug-likeness (QED) is 0.812. The van der Waals surface area contributed by atoms with Crippen LogP contribution in [0.4, 0.5) is 13.2 Å². The maximum Gasteiger partial charge on any atom is 0.439 e. The van der Waals surface area contributed by atoms with Gasteiger partial charge in [0.1, 0.15) is 5.75 Å². The molecule has 1 aromatic carbocycles. The molecule has 1 aromatic rings. The first-order valence-corrected chi connectivity index (χ1v) is 8.09. The minimum atomic E-state index is -5.07. The number of aryl methyl sites for hydroxylation is 1. The van der Waals surface area contributed by atoms with Crippen molar-refractivity contribution in [2.45, 2.75) is 45.0 Å². The fourth-order valence-electron chi connectivity index (χ4n) is 3.65. The number of aromatic hydroxyl groups is 1. The number of benzene rings is 1. The van der Waals surface area contributed by atoms with Gasteiger partial charge in [-0.25, -0.2) is 0 Å². The number of alkyl halides is 3. The summed E-state index contributed by atoms with van der Waals surface area (Å²) in [6.07, 6.45) is -3.81. The summed E-state index contributed by atoms with van der Waals surface area (Å²) in [7, 11) is 0. The van der Waals surface area contributed by atoms with Crippen molar-refractivity contribution in [1.29, 1.82) is 0 Å². The van der Waals surface area contributed by atoms with Crippen molar-refractivity contribution in [2.75, 3.05) is 0 Å². The molecule has 25 heavy (non-hydrogen) atoms. The Morgan fingerprint density at radius 2 is 2.04 bits per heavy atom. The summed E-state index contributed by atoms with van der Waals surface area (Å²) in [5.41, 5.74) is -3.19. The predicted molar refractivity (Wildman–Crippen MR) is 84.0 cm³/mol. The Bertz CT molecular complexity index is 747. The summed E-state index contributed by atoms with van der Waals surface area (Å²) in [6.45, 7) is 3.26. The Balaban J connectivity index is 2.12. The molecule has 3 atom stereocenters. The molecule has 1 aliphatic heterocycles. The Labute approximate surface area is 142 Å². The molecule has 2 aliphatic rings. The molecule has 1 heterocycles. The molecule has 2 N–H and O–H groups in total. The Morgan fingerprint density at radius 1 is 1.36 bits per heavy atom. The fraction of sp³-hybridized carbons (Fsp3) is 0.529. The van der Waals surface area contributed by atoms with Gasteiger partial charge in [0.2, 0.25) is 0 Å². The molecule has 136 valence electrons. The van der Waals surface area contributed by atoms with Gasteiger partial charge in [-0.05, 0) is 37.3 Å². The molecule has 0 aromatic heterocycles. The second-order valence-corrected chi connectivity index (χ2v) is 6.72. The zero-order valence-electron chi connectivity index (χ0n) is 13.8. The molecule has 3 rings (SSSR count). The Morgan fingerprint density at radius 3 is 2.68 bits per heavy atom. The lowest BCUT2D eigenvalue weighted by atomic mass is 9.75. The average Bonchev–Trinajstić information content (AvgIpc) is 2.85. The van der Waals surface area contributed by atoms with Crippen LogP contribution in [-0.2, 0) is 0 Å². The van der Waals surface area contributed by atoms with E-state index in [0.29, 0.717) is 18.4 Å². The molecule has 1 fully saturated rings. The smallest absolute Gasteiger partial charge is 0.439 e. The first kappa shape index (κ1) is 17.7. The molecular formula is C17H19F3N2O3. The van der Waals surface area contributed by atoms with Gasteiger partial charge in [-0.3, -0.25) is 4.79 Å².